The van der Waals surface area contributed by atoms with E-state index in [9.17, 15) is 14.9 Å². The molecule has 1 saturated heterocycles. The van der Waals surface area contributed by atoms with Crippen LogP contribution < -0.4 is 19.7 Å². The fraction of sp³-hybridized carbons (Fsp3) is 0.296. The van der Waals surface area contributed by atoms with Crippen LogP contribution >= 0.6 is 0 Å². The molecule has 0 bridgehead atoms. The lowest BCUT2D eigenvalue weighted by atomic mass is 10.1. The minimum absolute atomic E-state index is 0.0501. The quantitative estimate of drug-likeness (QED) is 0.354. The zero-order valence-corrected chi connectivity index (χ0v) is 20.5. The molecular formula is C27H30N4O5. The molecule has 1 aliphatic rings. The molecule has 0 aliphatic carbocycles. The van der Waals surface area contributed by atoms with Gasteiger partial charge in [-0.25, -0.2) is 0 Å². The SMILES string of the molecule is COc1ccc(C(=O)N2CCN(c3ccc([N+](=O)[O-])c(NCCc4ccccc4)c3)CC2)cc1OC. The number of rotatable bonds is 9. The highest BCUT2D eigenvalue weighted by Crippen LogP contribution is 2.31. The second-order valence-corrected chi connectivity index (χ2v) is 8.47. The van der Waals surface area contributed by atoms with Gasteiger partial charge in [0.25, 0.3) is 11.6 Å². The summed E-state index contributed by atoms with van der Waals surface area (Å²) in [6.07, 6.45) is 0.763. The Morgan fingerprint density at radius 3 is 2.33 bits per heavy atom. The molecule has 0 aromatic heterocycles. The smallest absolute Gasteiger partial charge is 0.292 e. The number of carbonyl (C=O) groups excluding carboxylic acids is 1. The minimum Gasteiger partial charge on any atom is -0.493 e. The zero-order valence-electron chi connectivity index (χ0n) is 20.5. The highest BCUT2D eigenvalue weighted by molar-refractivity contribution is 5.95. The number of piperazine rings is 1. The molecule has 1 heterocycles. The Bertz CT molecular complexity index is 1210. The van der Waals surface area contributed by atoms with E-state index in [0.717, 1.165) is 12.1 Å². The summed E-state index contributed by atoms with van der Waals surface area (Å²) in [6, 6.07) is 20.3. The second kappa shape index (κ2) is 11.4. The lowest BCUT2D eigenvalue weighted by molar-refractivity contribution is -0.383. The van der Waals surface area contributed by atoms with Crippen LogP contribution in [0.2, 0.25) is 0 Å². The van der Waals surface area contributed by atoms with Gasteiger partial charge in [-0.15, -0.1) is 0 Å². The van der Waals surface area contributed by atoms with Crippen LogP contribution in [0.4, 0.5) is 17.1 Å². The molecule has 9 nitrogen and oxygen atoms in total. The number of nitrogens with zero attached hydrogens (tertiary/aromatic N) is 3. The number of carbonyl (C=O) groups is 1. The van der Waals surface area contributed by atoms with E-state index in [1.165, 1.54) is 5.56 Å². The molecule has 0 spiro atoms. The van der Waals surface area contributed by atoms with E-state index in [1.54, 1.807) is 44.6 Å². The van der Waals surface area contributed by atoms with Crippen molar-refractivity contribution < 1.29 is 19.2 Å². The average Bonchev–Trinajstić information content (AvgIpc) is 2.92. The van der Waals surface area contributed by atoms with Crippen molar-refractivity contribution in [2.45, 2.75) is 6.42 Å². The number of hydrogen-bond acceptors (Lipinski definition) is 7. The van der Waals surface area contributed by atoms with Crippen molar-refractivity contribution in [3.8, 4) is 11.5 Å². The largest absolute Gasteiger partial charge is 0.493 e. The maximum atomic E-state index is 13.0. The van der Waals surface area contributed by atoms with Crippen LogP contribution in [-0.2, 0) is 6.42 Å². The number of anilines is 2. The molecule has 1 fully saturated rings. The van der Waals surface area contributed by atoms with E-state index in [4.69, 9.17) is 9.47 Å². The van der Waals surface area contributed by atoms with Gasteiger partial charge in [-0.3, -0.25) is 14.9 Å². The molecular weight excluding hydrogens is 460 g/mol. The van der Waals surface area contributed by atoms with E-state index in [-0.39, 0.29) is 16.5 Å². The summed E-state index contributed by atoms with van der Waals surface area (Å²) in [5.74, 6) is 1.02. The number of benzene rings is 3. The topological polar surface area (TPSA) is 97.2 Å². The van der Waals surface area contributed by atoms with Crippen molar-refractivity contribution in [3.63, 3.8) is 0 Å². The highest BCUT2D eigenvalue weighted by atomic mass is 16.6. The van der Waals surface area contributed by atoms with Crippen LogP contribution in [0.3, 0.4) is 0 Å². The molecule has 3 aromatic rings. The Morgan fingerprint density at radius 1 is 0.944 bits per heavy atom. The number of ether oxygens (including phenoxy) is 2. The van der Waals surface area contributed by atoms with Gasteiger partial charge >= 0.3 is 0 Å². The summed E-state index contributed by atoms with van der Waals surface area (Å²) >= 11 is 0. The van der Waals surface area contributed by atoms with Crippen molar-refractivity contribution >= 4 is 23.0 Å². The first kappa shape index (κ1) is 24.8. The van der Waals surface area contributed by atoms with Gasteiger partial charge in [0.1, 0.15) is 5.69 Å². The molecule has 3 aromatic carbocycles. The average molecular weight is 491 g/mol. The normalized spacial score (nSPS) is 13.3. The van der Waals surface area contributed by atoms with Crippen molar-refractivity contribution in [1.29, 1.82) is 0 Å². The van der Waals surface area contributed by atoms with Crippen molar-refractivity contribution in [2.75, 3.05) is 57.2 Å². The summed E-state index contributed by atoms with van der Waals surface area (Å²) in [6.45, 7) is 2.92. The first-order chi connectivity index (χ1) is 17.5. The van der Waals surface area contributed by atoms with Gasteiger partial charge < -0.3 is 24.6 Å². The number of nitro groups is 1. The third-order valence-corrected chi connectivity index (χ3v) is 6.31. The summed E-state index contributed by atoms with van der Waals surface area (Å²) in [7, 11) is 3.10. The van der Waals surface area contributed by atoms with Crippen LogP contribution in [0, 0.1) is 10.1 Å². The number of nitrogens with one attached hydrogen (secondary N) is 1. The van der Waals surface area contributed by atoms with Gasteiger partial charge in [-0.1, -0.05) is 30.3 Å². The first-order valence-corrected chi connectivity index (χ1v) is 11.8. The molecule has 0 saturated carbocycles. The van der Waals surface area contributed by atoms with Gasteiger partial charge in [0, 0.05) is 50.0 Å². The number of amides is 1. The van der Waals surface area contributed by atoms with Gasteiger partial charge in [-0.2, -0.15) is 0 Å². The maximum absolute atomic E-state index is 13.0. The van der Waals surface area contributed by atoms with Gasteiger partial charge in [0.2, 0.25) is 0 Å². The number of hydrogen-bond donors (Lipinski definition) is 1. The predicted molar refractivity (Wildman–Crippen MR) is 139 cm³/mol. The maximum Gasteiger partial charge on any atom is 0.292 e. The van der Waals surface area contributed by atoms with E-state index >= 15 is 0 Å². The van der Waals surface area contributed by atoms with E-state index in [2.05, 4.69) is 10.2 Å². The van der Waals surface area contributed by atoms with Crippen LogP contribution in [0.25, 0.3) is 0 Å². The summed E-state index contributed by atoms with van der Waals surface area (Å²) in [5, 5.41) is 14.8. The van der Waals surface area contributed by atoms with Crippen molar-refractivity contribution in [3.05, 3.63) is 88.0 Å². The van der Waals surface area contributed by atoms with Gasteiger partial charge in [-0.05, 0) is 42.3 Å². The zero-order chi connectivity index (χ0) is 25.5. The third-order valence-electron chi connectivity index (χ3n) is 6.31. The molecule has 0 atom stereocenters. The van der Waals surface area contributed by atoms with Crippen LogP contribution in [-0.4, -0.2) is 62.7 Å². The number of methoxy groups -OCH3 is 2. The summed E-state index contributed by atoms with van der Waals surface area (Å²) in [5.41, 5.74) is 3.15. The van der Waals surface area contributed by atoms with Crippen LogP contribution in [0.15, 0.2) is 66.7 Å². The van der Waals surface area contributed by atoms with E-state index in [1.807, 2.05) is 41.3 Å². The molecule has 0 unspecified atom stereocenters. The molecule has 1 aliphatic heterocycles. The number of nitro benzene ring substituents is 1. The van der Waals surface area contributed by atoms with Gasteiger partial charge in [0.15, 0.2) is 11.5 Å². The van der Waals surface area contributed by atoms with Crippen molar-refractivity contribution in [2.24, 2.45) is 0 Å². The van der Waals surface area contributed by atoms with Crippen LogP contribution in [0.1, 0.15) is 15.9 Å². The van der Waals surface area contributed by atoms with Gasteiger partial charge in [0.05, 0.1) is 19.1 Å². The van der Waals surface area contributed by atoms with E-state index < -0.39 is 0 Å². The fourth-order valence-electron chi connectivity index (χ4n) is 4.33. The second-order valence-electron chi connectivity index (χ2n) is 8.47. The predicted octanol–water partition coefficient (Wildman–Crippen LogP) is 4.23. The Hall–Kier alpha value is -4.27. The Kier molecular flexibility index (Phi) is 7.89. The molecule has 188 valence electrons. The Labute approximate surface area is 210 Å². The molecule has 0 radical (unpaired) electrons. The lowest BCUT2D eigenvalue weighted by Crippen LogP contribution is -2.48. The lowest BCUT2D eigenvalue weighted by Gasteiger charge is -2.36. The molecule has 36 heavy (non-hydrogen) atoms. The molecule has 4 rings (SSSR count). The highest BCUT2D eigenvalue weighted by Gasteiger charge is 2.24. The molecule has 9 heteroatoms. The third kappa shape index (κ3) is 5.68. The first-order valence-electron chi connectivity index (χ1n) is 11.8. The molecule has 1 N–H and O–H groups in total. The minimum atomic E-state index is -0.367. The standard InChI is InChI=1S/C27H30N4O5/c1-35-25-11-8-21(18-26(25)36-2)27(32)30-16-14-29(15-17-30)22-9-10-24(31(33)34)23(19-22)28-13-12-20-6-4-3-5-7-20/h3-11,18-19,28H,12-17H2,1-2H3. The Morgan fingerprint density at radius 2 is 1.67 bits per heavy atom. The Balaban J connectivity index is 1.40. The van der Waals surface area contributed by atoms with E-state index in [0.29, 0.717) is 55.5 Å². The van der Waals surface area contributed by atoms with Crippen LogP contribution in [0.5, 0.6) is 11.5 Å². The summed E-state index contributed by atoms with van der Waals surface area (Å²) < 4.78 is 10.6. The van der Waals surface area contributed by atoms with Crippen molar-refractivity contribution in [1.82, 2.24) is 4.90 Å². The monoisotopic (exact) mass is 490 g/mol. The fourth-order valence-corrected chi connectivity index (χ4v) is 4.33. The summed E-state index contributed by atoms with van der Waals surface area (Å²) in [4.78, 5) is 28.2. The molecule has 1 amide bonds.